The molecule has 1 amide bonds. The molecule has 10 heteroatoms. The molecule has 9 nitrogen and oxygen atoms in total. The van der Waals surface area contributed by atoms with Crippen LogP contribution in [0.15, 0.2) is 36.5 Å². The van der Waals surface area contributed by atoms with E-state index in [1.165, 1.54) is 0 Å². The van der Waals surface area contributed by atoms with Gasteiger partial charge in [0.15, 0.2) is 11.5 Å². The SMILES string of the molecule is CCCCN(C(=O)OCCN1CCN(C)CC1)c1nc(C)nc2c1cnn2CC(Cl)c1ccccc1. The van der Waals surface area contributed by atoms with E-state index >= 15 is 0 Å². The van der Waals surface area contributed by atoms with Crippen molar-refractivity contribution in [3.63, 3.8) is 0 Å². The van der Waals surface area contributed by atoms with E-state index in [0.29, 0.717) is 42.4 Å². The van der Waals surface area contributed by atoms with Gasteiger partial charge >= 0.3 is 6.09 Å². The zero-order valence-electron chi connectivity index (χ0n) is 21.4. The fourth-order valence-electron chi connectivity index (χ4n) is 4.32. The number of hydrogen-bond acceptors (Lipinski definition) is 7. The average Bonchev–Trinajstić information content (AvgIpc) is 3.28. The van der Waals surface area contributed by atoms with Crippen LogP contribution in [0.2, 0.25) is 0 Å². The minimum absolute atomic E-state index is 0.260. The van der Waals surface area contributed by atoms with Crippen molar-refractivity contribution in [1.29, 1.82) is 0 Å². The molecule has 1 aromatic carbocycles. The molecule has 0 saturated carbocycles. The van der Waals surface area contributed by atoms with E-state index in [0.717, 1.165) is 51.1 Å². The molecule has 1 aliphatic rings. The van der Waals surface area contributed by atoms with Crippen molar-refractivity contribution in [2.24, 2.45) is 0 Å². The standard InChI is InChI=1S/C26H36ClN7O2/c1-4-5-11-33(26(35)36-17-16-32-14-12-31(3)13-15-32)24-22-18-28-34(25(22)30-20(2)29-24)19-23(27)21-9-7-6-8-10-21/h6-10,18,23H,4-5,11-17,19H2,1-3H3. The molecule has 0 radical (unpaired) electrons. The number of hydrogen-bond donors (Lipinski definition) is 0. The normalized spacial score (nSPS) is 15.8. The number of likely N-dealkylation sites (N-methyl/N-ethyl adjacent to an activating group) is 1. The highest BCUT2D eigenvalue weighted by atomic mass is 35.5. The van der Waals surface area contributed by atoms with Crippen molar-refractivity contribution in [2.45, 2.75) is 38.6 Å². The molecule has 3 heterocycles. The maximum atomic E-state index is 13.2. The lowest BCUT2D eigenvalue weighted by Crippen LogP contribution is -2.46. The number of rotatable bonds is 10. The van der Waals surface area contributed by atoms with Gasteiger partial charge in [0, 0.05) is 39.3 Å². The fraction of sp³-hybridized carbons (Fsp3) is 0.538. The monoisotopic (exact) mass is 513 g/mol. The molecular weight excluding hydrogens is 478 g/mol. The summed E-state index contributed by atoms with van der Waals surface area (Å²) in [5.41, 5.74) is 1.67. The third-order valence-electron chi connectivity index (χ3n) is 6.52. The molecule has 3 aromatic rings. The van der Waals surface area contributed by atoms with Gasteiger partial charge in [-0.1, -0.05) is 43.7 Å². The zero-order valence-corrected chi connectivity index (χ0v) is 22.2. The minimum atomic E-state index is -0.385. The Labute approximate surface area is 218 Å². The molecule has 0 bridgehead atoms. The van der Waals surface area contributed by atoms with Gasteiger partial charge in [-0.3, -0.25) is 9.80 Å². The molecule has 1 saturated heterocycles. The highest BCUT2D eigenvalue weighted by Gasteiger charge is 2.24. The van der Waals surface area contributed by atoms with Crippen LogP contribution in [-0.4, -0.2) is 88.6 Å². The summed E-state index contributed by atoms with van der Waals surface area (Å²) in [5, 5.41) is 5.01. The molecule has 1 aliphatic heterocycles. The summed E-state index contributed by atoms with van der Waals surface area (Å²) in [7, 11) is 2.13. The van der Waals surface area contributed by atoms with E-state index in [-0.39, 0.29) is 11.5 Å². The van der Waals surface area contributed by atoms with Gasteiger partial charge in [0.05, 0.1) is 23.5 Å². The number of amides is 1. The second kappa shape index (κ2) is 12.5. The quantitative estimate of drug-likeness (QED) is 0.377. The Morgan fingerprint density at radius 3 is 2.64 bits per heavy atom. The van der Waals surface area contributed by atoms with Crippen molar-refractivity contribution >= 4 is 34.5 Å². The average molecular weight is 514 g/mol. The molecular formula is C26H36ClN7O2. The first-order chi connectivity index (χ1) is 17.5. The van der Waals surface area contributed by atoms with Gasteiger partial charge in [0.2, 0.25) is 0 Å². The largest absolute Gasteiger partial charge is 0.448 e. The number of halogens is 1. The molecule has 1 atom stereocenters. The number of alkyl halides is 1. The first-order valence-electron chi connectivity index (χ1n) is 12.7. The Kier molecular flexibility index (Phi) is 9.12. The molecule has 194 valence electrons. The van der Waals surface area contributed by atoms with E-state index in [2.05, 4.69) is 38.8 Å². The Morgan fingerprint density at radius 2 is 1.92 bits per heavy atom. The molecule has 1 fully saturated rings. The van der Waals surface area contributed by atoms with Crippen LogP contribution in [0, 0.1) is 6.92 Å². The first kappa shape index (κ1) is 26.3. The van der Waals surface area contributed by atoms with E-state index in [9.17, 15) is 4.79 Å². The smallest absolute Gasteiger partial charge is 0.415 e. The number of benzene rings is 1. The summed E-state index contributed by atoms with van der Waals surface area (Å²) < 4.78 is 7.51. The fourth-order valence-corrected chi connectivity index (χ4v) is 4.59. The van der Waals surface area contributed by atoms with Crippen molar-refractivity contribution < 1.29 is 9.53 Å². The summed E-state index contributed by atoms with van der Waals surface area (Å²) in [5.74, 6) is 1.10. The van der Waals surface area contributed by atoms with Crippen molar-refractivity contribution in [2.75, 3.05) is 57.8 Å². The molecule has 0 N–H and O–H groups in total. The van der Waals surface area contributed by atoms with Gasteiger partial charge in [0.1, 0.15) is 12.4 Å². The van der Waals surface area contributed by atoms with Crippen molar-refractivity contribution in [3.05, 3.63) is 47.9 Å². The molecule has 2 aromatic heterocycles. The number of fused-ring (bicyclic) bond motifs is 1. The van der Waals surface area contributed by atoms with Crippen LogP contribution in [0.4, 0.5) is 10.6 Å². The lowest BCUT2D eigenvalue weighted by molar-refractivity contribution is 0.107. The summed E-state index contributed by atoms with van der Waals surface area (Å²) in [4.78, 5) is 28.8. The van der Waals surface area contributed by atoms with Crippen LogP contribution < -0.4 is 4.90 Å². The Balaban J connectivity index is 1.51. The third kappa shape index (κ3) is 6.52. The van der Waals surface area contributed by atoms with Crippen LogP contribution in [0.25, 0.3) is 11.0 Å². The number of anilines is 1. The Hall–Kier alpha value is -2.75. The third-order valence-corrected chi connectivity index (χ3v) is 6.91. The number of ether oxygens (including phenoxy) is 1. The van der Waals surface area contributed by atoms with E-state index in [1.807, 2.05) is 37.3 Å². The number of unbranched alkanes of at least 4 members (excludes halogenated alkanes) is 1. The predicted molar refractivity (Wildman–Crippen MR) is 143 cm³/mol. The molecule has 1 unspecified atom stereocenters. The van der Waals surface area contributed by atoms with Crippen molar-refractivity contribution in [1.82, 2.24) is 29.5 Å². The van der Waals surface area contributed by atoms with Crippen molar-refractivity contribution in [3.8, 4) is 0 Å². The highest BCUT2D eigenvalue weighted by molar-refractivity contribution is 6.20. The first-order valence-corrected chi connectivity index (χ1v) is 13.1. The van der Waals surface area contributed by atoms with Gasteiger partial charge in [-0.05, 0) is 26.0 Å². The number of nitrogens with zero attached hydrogens (tertiary/aromatic N) is 7. The van der Waals surface area contributed by atoms with Gasteiger partial charge in [0.25, 0.3) is 0 Å². The number of carbonyl (C=O) groups excluding carboxylic acids is 1. The summed E-state index contributed by atoms with van der Waals surface area (Å²) in [6.07, 6.45) is 3.12. The predicted octanol–water partition coefficient (Wildman–Crippen LogP) is 4.11. The topological polar surface area (TPSA) is 79.6 Å². The van der Waals surface area contributed by atoms with Crippen LogP contribution in [-0.2, 0) is 11.3 Å². The molecule has 36 heavy (non-hydrogen) atoms. The van der Waals surface area contributed by atoms with E-state index in [4.69, 9.17) is 16.3 Å². The number of aryl methyl sites for hydroxylation is 1. The van der Waals surface area contributed by atoms with Crippen LogP contribution in [0.1, 0.15) is 36.5 Å². The van der Waals surface area contributed by atoms with Crippen LogP contribution >= 0.6 is 11.6 Å². The lowest BCUT2D eigenvalue weighted by Gasteiger charge is -2.32. The zero-order chi connectivity index (χ0) is 25.5. The second-order valence-electron chi connectivity index (χ2n) is 9.30. The summed E-state index contributed by atoms with van der Waals surface area (Å²) >= 11 is 6.69. The van der Waals surface area contributed by atoms with Crippen LogP contribution in [0.3, 0.4) is 0 Å². The molecule has 0 spiro atoms. The number of aromatic nitrogens is 4. The summed E-state index contributed by atoms with van der Waals surface area (Å²) in [6, 6.07) is 9.91. The maximum Gasteiger partial charge on any atom is 0.415 e. The Morgan fingerprint density at radius 1 is 1.17 bits per heavy atom. The highest BCUT2D eigenvalue weighted by Crippen LogP contribution is 2.28. The molecule has 0 aliphatic carbocycles. The maximum absolute atomic E-state index is 13.2. The minimum Gasteiger partial charge on any atom is -0.448 e. The van der Waals surface area contributed by atoms with E-state index in [1.54, 1.807) is 15.8 Å². The number of carbonyl (C=O) groups is 1. The van der Waals surface area contributed by atoms with Gasteiger partial charge in [-0.15, -0.1) is 11.6 Å². The summed E-state index contributed by atoms with van der Waals surface area (Å²) in [6.45, 7) is 10.0. The van der Waals surface area contributed by atoms with Gasteiger partial charge < -0.3 is 9.64 Å². The number of piperazine rings is 1. The van der Waals surface area contributed by atoms with Crippen LogP contribution in [0.5, 0.6) is 0 Å². The second-order valence-corrected chi connectivity index (χ2v) is 9.83. The molecule has 4 rings (SSSR count). The van der Waals surface area contributed by atoms with E-state index < -0.39 is 0 Å². The lowest BCUT2D eigenvalue weighted by atomic mass is 10.1. The van der Waals surface area contributed by atoms with Gasteiger partial charge in [-0.2, -0.15) is 5.10 Å². The Bertz CT molecular complexity index is 1130. The van der Waals surface area contributed by atoms with Gasteiger partial charge in [-0.25, -0.2) is 19.4 Å².